The minimum absolute atomic E-state index is 0. The zero-order valence-electron chi connectivity index (χ0n) is 14.5. The van der Waals surface area contributed by atoms with Crippen LogP contribution in [0.1, 0.15) is 35.1 Å². The molecule has 0 spiro atoms. The molecule has 2 aromatic rings. The van der Waals surface area contributed by atoms with E-state index in [1.807, 2.05) is 38.1 Å². The zero-order valence-corrected chi connectivity index (χ0v) is 15.3. The smallest absolute Gasteiger partial charge is 0.253 e. The first-order chi connectivity index (χ1) is 11.1. The summed E-state index contributed by atoms with van der Waals surface area (Å²) in [6.45, 7) is 8.15. The number of hydrogen-bond donors (Lipinski definition) is 2. The number of hydrogen-bond acceptors (Lipinski definition) is 2. The number of carbonyl (C=O) groups excluding carboxylic acids is 1. The summed E-state index contributed by atoms with van der Waals surface area (Å²) >= 11 is 0. The third-order valence-corrected chi connectivity index (χ3v) is 4.83. The number of aryl methyl sites for hydroxylation is 1. The molecule has 1 amide bonds. The van der Waals surface area contributed by atoms with Crippen LogP contribution in [0.15, 0.2) is 36.4 Å². The van der Waals surface area contributed by atoms with Crippen LogP contribution in [0.4, 0.5) is 0 Å². The van der Waals surface area contributed by atoms with Gasteiger partial charge in [0.2, 0.25) is 0 Å². The zero-order chi connectivity index (χ0) is 16.4. The summed E-state index contributed by atoms with van der Waals surface area (Å²) in [6.07, 6.45) is 1.11. The Hall–Kier alpha value is -1.78. The molecule has 1 aliphatic heterocycles. The number of piperidine rings is 1. The van der Waals surface area contributed by atoms with Gasteiger partial charge in [-0.2, -0.15) is 0 Å². The summed E-state index contributed by atoms with van der Waals surface area (Å²) in [5, 5.41) is 6.56. The van der Waals surface area contributed by atoms with E-state index in [-0.39, 0.29) is 24.4 Å². The average molecular weight is 348 g/mol. The van der Waals surface area contributed by atoms with Crippen LogP contribution in [-0.2, 0) is 0 Å². The molecule has 3 rings (SSSR count). The number of para-hydroxylation sites is 1. The fourth-order valence-corrected chi connectivity index (χ4v) is 3.40. The maximum Gasteiger partial charge on any atom is 0.253 e. The molecule has 5 heteroatoms. The largest absolute Gasteiger partial charge is 0.348 e. The van der Waals surface area contributed by atoms with E-state index in [0.717, 1.165) is 42.1 Å². The van der Waals surface area contributed by atoms with Crippen LogP contribution < -0.4 is 10.6 Å². The second kappa shape index (κ2) is 7.86. The van der Waals surface area contributed by atoms with E-state index in [1.165, 1.54) is 0 Å². The Balaban J connectivity index is 0.00000208. The molecular formula is C19H26ClN3O. The first-order valence-electron chi connectivity index (χ1n) is 8.34. The Morgan fingerprint density at radius 3 is 2.62 bits per heavy atom. The third kappa shape index (κ3) is 3.65. The lowest BCUT2D eigenvalue weighted by molar-refractivity contribution is 0.0914. The number of carbonyl (C=O) groups is 1. The van der Waals surface area contributed by atoms with Gasteiger partial charge >= 0.3 is 0 Å². The van der Waals surface area contributed by atoms with Crippen molar-refractivity contribution in [3.63, 3.8) is 0 Å². The van der Waals surface area contributed by atoms with Gasteiger partial charge in [0.05, 0.1) is 5.56 Å². The highest BCUT2D eigenvalue weighted by Crippen LogP contribution is 2.21. The molecule has 2 N–H and O–H groups in total. The van der Waals surface area contributed by atoms with Gasteiger partial charge in [-0.05, 0) is 50.9 Å². The van der Waals surface area contributed by atoms with Crippen molar-refractivity contribution in [1.82, 2.24) is 15.2 Å². The number of benzene rings is 1. The molecule has 0 aliphatic carbocycles. The molecule has 130 valence electrons. The molecule has 2 unspecified atom stereocenters. The van der Waals surface area contributed by atoms with Crippen molar-refractivity contribution in [2.24, 2.45) is 5.92 Å². The van der Waals surface area contributed by atoms with Crippen LogP contribution in [0.2, 0.25) is 0 Å². The summed E-state index contributed by atoms with van der Waals surface area (Å²) in [5.74, 6) is 0.540. The summed E-state index contributed by atoms with van der Waals surface area (Å²) in [4.78, 5) is 12.7. The van der Waals surface area contributed by atoms with Gasteiger partial charge in [-0.3, -0.25) is 4.79 Å². The topological polar surface area (TPSA) is 46.1 Å². The molecule has 1 fully saturated rings. The molecule has 1 saturated heterocycles. The number of halogens is 1. The van der Waals surface area contributed by atoms with Crippen LogP contribution in [-0.4, -0.2) is 29.6 Å². The predicted octanol–water partition coefficient (Wildman–Crippen LogP) is 3.24. The van der Waals surface area contributed by atoms with Gasteiger partial charge in [0.15, 0.2) is 0 Å². The lowest BCUT2D eigenvalue weighted by Crippen LogP contribution is -2.50. The maximum atomic E-state index is 12.7. The van der Waals surface area contributed by atoms with Crippen molar-refractivity contribution >= 4 is 18.3 Å². The summed E-state index contributed by atoms with van der Waals surface area (Å²) < 4.78 is 2.14. The quantitative estimate of drug-likeness (QED) is 0.895. The second-order valence-electron chi connectivity index (χ2n) is 6.51. The second-order valence-corrected chi connectivity index (χ2v) is 6.51. The standard InChI is InChI=1S/C19H25N3O.ClH/c1-13-9-10-20-12-18(13)21-19(23)17-11-14(2)22(15(17)3)16-7-5-4-6-8-16;/h4-8,11,13,18,20H,9-10,12H2,1-3H3,(H,21,23);1H. The van der Waals surface area contributed by atoms with Gasteiger partial charge < -0.3 is 15.2 Å². The molecule has 1 aromatic carbocycles. The highest BCUT2D eigenvalue weighted by Gasteiger charge is 2.25. The Kier molecular flexibility index (Phi) is 6.08. The molecule has 0 saturated carbocycles. The molecule has 1 aromatic heterocycles. The molecule has 2 heterocycles. The van der Waals surface area contributed by atoms with E-state index < -0.39 is 0 Å². The van der Waals surface area contributed by atoms with Crippen LogP contribution >= 0.6 is 12.4 Å². The van der Waals surface area contributed by atoms with E-state index in [4.69, 9.17) is 0 Å². The fraction of sp³-hybridized carbons (Fsp3) is 0.421. The molecule has 0 bridgehead atoms. The lowest BCUT2D eigenvalue weighted by Gasteiger charge is -2.30. The maximum absolute atomic E-state index is 12.7. The van der Waals surface area contributed by atoms with Gasteiger partial charge in [-0.15, -0.1) is 12.4 Å². The van der Waals surface area contributed by atoms with Crippen molar-refractivity contribution in [2.45, 2.75) is 33.2 Å². The molecule has 1 aliphatic rings. The number of nitrogens with zero attached hydrogens (tertiary/aromatic N) is 1. The van der Waals surface area contributed by atoms with E-state index in [1.54, 1.807) is 0 Å². The van der Waals surface area contributed by atoms with Crippen molar-refractivity contribution in [2.75, 3.05) is 13.1 Å². The SMILES string of the molecule is Cc1cc(C(=O)NC2CNCCC2C)c(C)n1-c1ccccc1.Cl. The van der Waals surface area contributed by atoms with E-state index >= 15 is 0 Å². The highest BCUT2D eigenvalue weighted by molar-refractivity contribution is 5.96. The van der Waals surface area contributed by atoms with E-state index in [9.17, 15) is 4.79 Å². The minimum atomic E-state index is 0. The number of nitrogens with one attached hydrogen (secondary N) is 2. The van der Waals surface area contributed by atoms with Crippen molar-refractivity contribution < 1.29 is 4.79 Å². The normalized spacial score (nSPS) is 20.3. The Bertz CT molecular complexity index is 696. The summed E-state index contributed by atoms with van der Waals surface area (Å²) in [7, 11) is 0. The molecule has 0 radical (unpaired) electrons. The molecule has 4 nitrogen and oxygen atoms in total. The van der Waals surface area contributed by atoms with E-state index in [2.05, 4.69) is 34.3 Å². The highest BCUT2D eigenvalue weighted by atomic mass is 35.5. The number of aromatic nitrogens is 1. The first-order valence-corrected chi connectivity index (χ1v) is 8.34. The van der Waals surface area contributed by atoms with Gasteiger partial charge in [-0.25, -0.2) is 0 Å². The van der Waals surface area contributed by atoms with Crippen molar-refractivity contribution in [1.29, 1.82) is 0 Å². The Morgan fingerprint density at radius 1 is 1.25 bits per heavy atom. The number of rotatable bonds is 3. The van der Waals surface area contributed by atoms with Crippen LogP contribution in [0, 0.1) is 19.8 Å². The van der Waals surface area contributed by atoms with Crippen molar-refractivity contribution in [3.8, 4) is 5.69 Å². The average Bonchev–Trinajstić information content (AvgIpc) is 2.85. The Morgan fingerprint density at radius 2 is 1.96 bits per heavy atom. The minimum Gasteiger partial charge on any atom is -0.348 e. The number of amides is 1. The van der Waals surface area contributed by atoms with Gasteiger partial charge in [0.25, 0.3) is 5.91 Å². The summed E-state index contributed by atoms with van der Waals surface area (Å²) in [6, 6.07) is 12.4. The fourth-order valence-electron chi connectivity index (χ4n) is 3.40. The van der Waals surface area contributed by atoms with Crippen LogP contribution in [0.3, 0.4) is 0 Å². The van der Waals surface area contributed by atoms with Crippen LogP contribution in [0.25, 0.3) is 5.69 Å². The van der Waals surface area contributed by atoms with E-state index in [0.29, 0.717) is 5.92 Å². The van der Waals surface area contributed by atoms with Gasteiger partial charge in [0, 0.05) is 29.7 Å². The monoisotopic (exact) mass is 347 g/mol. The third-order valence-electron chi connectivity index (χ3n) is 4.83. The van der Waals surface area contributed by atoms with Crippen LogP contribution in [0.5, 0.6) is 0 Å². The lowest BCUT2D eigenvalue weighted by atomic mass is 9.94. The molecule has 2 atom stereocenters. The first kappa shape index (κ1) is 18.6. The van der Waals surface area contributed by atoms with Gasteiger partial charge in [-0.1, -0.05) is 25.1 Å². The Labute approximate surface area is 150 Å². The van der Waals surface area contributed by atoms with Gasteiger partial charge in [0.1, 0.15) is 0 Å². The van der Waals surface area contributed by atoms with Crippen molar-refractivity contribution in [3.05, 3.63) is 53.3 Å². The molecule has 24 heavy (non-hydrogen) atoms. The predicted molar refractivity (Wildman–Crippen MR) is 100 cm³/mol. The molecular weight excluding hydrogens is 322 g/mol. The summed E-state index contributed by atoms with van der Waals surface area (Å²) in [5.41, 5.74) is 3.93.